The smallest absolute Gasteiger partial charge is 0.406 e. The Balaban J connectivity index is 1.19. The molecule has 0 atom stereocenters. The Hall–Kier alpha value is -3.22. The van der Waals surface area contributed by atoms with Crippen LogP contribution >= 0.6 is 0 Å². The van der Waals surface area contributed by atoms with Crippen LogP contribution in [-0.4, -0.2) is 25.7 Å². The maximum absolute atomic E-state index is 15.2. The van der Waals surface area contributed by atoms with E-state index in [1.165, 1.54) is 49.9 Å². The molecule has 1 aliphatic heterocycles. The van der Waals surface area contributed by atoms with E-state index in [2.05, 4.69) is 16.4 Å². The molecule has 0 unspecified atom stereocenters. The molecule has 3 aromatic carbocycles. The minimum absolute atomic E-state index is 0.117. The standard InChI is InChI=1S/C35H36F8O4/c1-2-3-4-5-21-6-8-22(9-7-21)24-12-15-28(29(36)16-24)25-17-30(37)32(31(38)18-25)34(39,40)46-27-19-44-33(45-20-27)23-10-13-26(14-11-23)47-35(41,42)43/h10-18,21-22,27,33H,2-9,19-20H2,1H3. The predicted molar refractivity (Wildman–Crippen MR) is 157 cm³/mol. The summed E-state index contributed by atoms with van der Waals surface area (Å²) < 4.78 is 132. The molecule has 0 amide bonds. The van der Waals surface area contributed by atoms with Gasteiger partial charge >= 0.3 is 12.5 Å². The molecule has 0 N–H and O–H groups in total. The second-order valence-electron chi connectivity index (χ2n) is 12.1. The van der Waals surface area contributed by atoms with E-state index in [1.807, 2.05) is 0 Å². The number of alkyl halides is 5. The van der Waals surface area contributed by atoms with Crippen molar-refractivity contribution in [2.24, 2.45) is 5.92 Å². The van der Waals surface area contributed by atoms with Crippen molar-refractivity contribution in [3.63, 3.8) is 0 Å². The summed E-state index contributed by atoms with van der Waals surface area (Å²) in [5.74, 6) is -3.54. The van der Waals surface area contributed by atoms with Gasteiger partial charge in [-0.1, -0.05) is 56.9 Å². The summed E-state index contributed by atoms with van der Waals surface area (Å²) in [5, 5.41) is 0. The topological polar surface area (TPSA) is 36.9 Å². The Bertz CT molecular complexity index is 1450. The van der Waals surface area contributed by atoms with Gasteiger partial charge in [-0.25, -0.2) is 13.2 Å². The third-order valence-corrected chi connectivity index (χ3v) is 8.74. The molecule has 0 bridgehead atoms. The second kappa shape index (κ2) is 14.9. The van der Waals surface area contributed by atoms with E-state index in [1.54, 1.807) is 6.07 Å². The lowest BCUT2D eigenvalue weighted by Crippen LogP contribution is -2.38. The van der Waals surface area contributed by atoms with Crippen LogP contribution < -0.4 is 4.74 Å². The monoisotopic (exact) mass is 672 g/mol. The highest BCUT2D eigenvalue weighted by Crippen LogP contribution is 2.41. The zero-order chi connectivity index (χ0) is 33.8. The Morgan fingerprint density at radius 1 is 0.745 bits per heavy atom. The van der Waals surface area contributed by atoms with Gasteiger partial charge in [-0.15, -0.1) is 13.2 Å². The summed E-state index contributed by atoms with van der Waals surface area (Å²) in [6.07, 6.45) is -3.01. The molecule has 47 heavy (non-hydrogen) atoms. The first-order valence-electron chi connectivity index (χ1n) is 15.8. The van der Waals surface area contributed by atoms with E-state index in [4.69, 9.17) is 9.47 Å². The first-order valence-corrected chi connectivity index (χ1v) is 15.8. The fourth-order valence-corrected chi connectivity index (χ4v) is 6.33. The number of unbranched alkanes of at least 4 members (excludes halogenated alkanes) is 2. The molecule has 0 spiro atoms. The Labute approximate surface area is 268 Å². The van der Waals surface area contributed by atoms with E-state index in [9.17, 15) is 13.2 Å². The van der Waals surface area contributed by atoms with Crippen molar-refractivity contribution in [3.05, 3.63) is 88.7 Å². The third-order valence-electron chi connectivity index (χ3n) is 8.74. The van der Waals surface area contributed by atoms with Crippen LogP contribution in [0, 0.1) is 23.4 Å². The van der Waals surface area contributed by atoms with E-state index in [0.717, 1.165) is 43.4 Å². The van der Waals surface area contributed by atoms with Crippen LogP contribution in [0.25, 0.3) is 11.1 Å². The van der Waals surface area contributed by atoms with E-state index in [-0.39, 0.29) is 22.6 Å². The molecule has 2 fully saturated rings. The number of halogens is 8. The lowest BCUT2D eigenvalue weighted by molar-refractivity contribution is -0.322. The highest BCUT2D eigenvalue weighted by molar-refractivity contribution is 5.65. The van der Waals surface area contributed by atoms with E-state index < -0.39 is 66.8 Å². The zero-order valence-corrected chi connectivity index (χ0v) is 25.7. The maximum Gasteiger partial charge on any atom is 0.573 e. The highest BCUT2D eigenvalue weighted by Gasteiger charge is 2.43. The van der Waals surface area contributed by atoms with Crippen LogP contribution in [0.5, 0.6) is 5.75 Å². The molecule has 2 aliphatic rings. The summed E-state index contributed by atoms with van der Waals surface area (Å²) in [7, 11) is 0. The molecule has 3 aromatic rings. The molecular formula is C35H36F8O4. The van der Waals surface area contributed by atoms with Crippen molar-refractivity contribution in [3.8, 4) is 16.9 Å². The predicted octanol–water partition coefficient (Wildman–Crippen LogP) is 10.7. The van der Waals surface area contributed by atoms with Gasteiger partial charge in [-0.2, -0.15) is 8.78 Å². The first kappa shape index (κ1) is 35.1. The van der Waals surface area contributed by atoms with Gasteiger partial charge in [0.25, 0.3) is 0 Å². The van der Waals surface area contributed by atoms with Crippen LogP contribution in [0.1, 0.15) is 87.2 Å². The third kappa shape index (κ3) is 9.03. The second-order valence-corrected chi connectivity index (χ2v) is 12.1. The van der Waals surface area contributed by atoms with Crippen molar-refractivity contribution in [1.29, 1.82) is 0 Å². The molecule has 1 aliphatic carbocycles. The number of ether oxygens (including phenoxy) is 4. The molecule has 1 saturated carbocycles. The summed E-state index contributed by atoms with van der Waals surface area (Å²) in [6.45, 7) is 1.23. The molecule has 4 nitrogen and oxygen atoms in total. The van der Waals surface area contributed by atoms with Crippen molar-refractivity contribution in [2.45, 2.75) is 89.1 Å². The van der Waals surface area contributed by atoms with Crippen molar-refractivity contribution < 1.29 is 54.1 Å². The minimum Gasteiger partial charge on any atom is -0.406 e. The zero-order valence-electron chi connectivity index (χ0n) is 25.7. The summed E-state index contributed by atoms with van der Waals surface area (Å²) in [4.78, 5) is 0. The highest BCUT2D eigenvalue weighted by atomic mass is 19.4. The lowest BCUT2D eigenvalue weighted by atomic mass is 9.77. The Kier molecular flexibility index (Phi) is 11.1. The molecule has 0 aromatic heterocycles. The average molecular weight is 673 g/mol. The molecule has 1 saturated heterocycles. The molecular weight excluding hydrogens is 636 g/mol. The fraction of sp³-hybridized carbons (Fsp3) is 0.486. The van der Waals surface area contributed by atoms with Gasteiger partial charge in [0.15, 0.2) is 6.29 Å². The number of benzene rings is 3. The van der Waals surface area contributed by atoms with Gasteiger partial charge in [-0.05, 0) is 79.0 Å². The molecule has 5 rings (SSSR count). The summed E-state index contributed by atoms with van der Waals surface area (Å²) in [5.41, 5.74) is -0.905. The summed E-state index contributed by atoms with van der Waals surface area (Å²) in [6, 6.07) is 10.3. The number of rotatable bonds is 11. The first-order chi connectivity index (χ1) is 22.3. The van der Waals surface area contributed by atoms with Crippen LogP contribution in [0.3, 0.4) is 0 Å². The SMILES string of the molecule is CCCCCC1CCC(c2ccc(-c3cc(F)c(C(F)(F)OC4COC(c5ccc(OC(F)(F)F)cc5)OC4)c(F)c3)c(F)c2)CC1. The fourth-order valence-electron chi connectivity index (χ4n) is 6.33. The van der Waals surface area contributed by atoms with Crippen LogP contribution in [0.4, 0.5) is 35.1 Å². The van der Waals surface area contributed by atoms with Gasteiger partial charge in [0.1, 0.15) is 34.9 Å². The van der Waals surface area contributed by atoms with E-state index >= 15 is 22.0 Å². The van der Waals surface area contributed by atoms with Crippen molar-refractivity contribution in [1.82, 2.24) is 0 Å². The van der Waals surface area contributed by atoms with E-state index in [0.29, 0.717) is 18.1 Å². The van der Waals surface area contributed by atoms with Gasteiger partial charge in [0.05, 0.1) is 13.2 Å². The quantitative estimate of drug-likeness (QED) is 0.150. The Morgan fingerprint density at radius 3 is 1.94 bits per heavy atom. The lowest BCUT2D eigenvalue weighted by Gasteiger charge is -2.32. The molecule has 0 radical (unpaired) electrons. The normalized spacial score (nSPS) is 22.3. The van der Waals surface area contributed by atoms with Gasteiger partial charge in [0.2, 0.25) is 0 Å². The molecule has 12 heteroatoms. The minimum atomic E-state index is -4.87. The van der Waals surface area contributed by atoms with Crippen molar-refractivity contribution in [2.75, 3.05) is 13.2 Å². The van der Waals surface area contributed by atoms with Gasteiger partial charge < -0.3 is 18.9 Å². The Morgan fingerprint density at radius 2 is 1.36 bits per heavy atom. The molecule has 1 heterocycles. The van der Waals surface area contributed by atoms with Crippen LogP contribution in [0.15, 0.2) is 54.6 Å². The van der Waals surface area contributed by atoms with Gasteiger partial charge in [-0.3, -0.25) is 0 Å². The summed E-state index contributed by atoms with van der Waals surface area (Å²) >= 11 is 0. The van der Waals surface area contributed by atoms with Gasteiger partial charge in [0, 0.05) is 11.1 Å². The van der Waals surface area contributed by atoms with Crippen LogP contribution in [-0.2, 0) is 20.3 Å². The largest absolute Gasteiger partial charge is 0.573 e. The maximum atomic E-state index is 15.2. The number of hydrogen-bond acceptors (Lipinski definition) is 4. The number of hydrogen-bond donors (Lipinski definition) is 0. The van der Waals surface area contributed by atoms with Crippen LogP contribution in [0.2, 0.25) is 0 Å². The van der Waals surface area contributed by atoms with Crippen molar-refractivity contribution >= 4 is 0 Å². The molecule has 256 valence electrons. The average Bonchev–Trinajstić information content (AvgIpc) is 3.01.